The number of anilines is 1. The van der Waals surface area contributed by atoms with Crippen molar-refractivity contribution < 1.29 is 0 Å². The molecule has 2 aliphatic rings. The number of aromatic nitrogens is 2. The number of fused-ring (bicyclic) bond motifs is 1. The molecule has 4 rings (SSSR count). The predicted molar refractivity (Wildman–Crippen MR) is 75.0 cm³/mol. The predicted octanol–water partition coefficient (Wildman–Crippen LogP) is 1.55. The van der Waals surface area contributed by atoms with Gasteiger partial charge < -0.3 is 10.2 Å². The minimum atomic E-state index is 0.663. The van der Waals surface area contributed by atoms with Gasteiger partial charge in [-0.25, -0.2) is 0 Å². The summed E-state index contributed by atoms with van der Waals surface area (Å²) in [5, 5.41) is 12.2. The fourth-order valence-electron chi connectivity index (χ4n) is 2.90. The number of nitrogens with zero attached hydrogens (tertiary/aromatic N) is 3. The van der Waals surface area contributed by atoms with Gasteiger partial charge in [-0.05, 0) is 12.1 Å². The van der Waals surface area contributed by atoms with E-state index in [2.05, 4.69) is 44.7 Å². The first-order valence-corrected chi connectivity index (χ1v) is 6.77. The maximum Gasteiger partial charge on any atom is 0.151 e. The summed E-state index contributed by atoms with van der Waals surface area (Å²) in [7, 11) is 0. The molecule has 2 atom stereocenters. The van der Waals surface area contributed by atoms with E-state index in [9.17, 15) is 0 Å². The Bertz CT molecular complexity index is 554. The van der Waals surface area contributed by atoms with Crippen LogP contribution >= 0.6 is 0 Å². The van der Waals surface area contributed by atoms with Crippen molar-refractivity contribution >= 4 is 5.82 Å². The summed E-state index contributed by atoms with van der Waals surface area (Å²) < 4.78 is 0. The van der Waals surface area contributed by atoms with Gasteiger partial charge in [0.05, 0.1) is 5.69 Å². The molecular weight excluding hydrogens is 236 g/mol. The highest BCUT2D eigenvalue weighted by atomic mass is 15.3. The molecule has 2 saturated heterocycles. The first-order chi connectivity index (χ1) is 9.40. The molecule has 4 nitrogen and oxygen atoms in total. The zero-order valence-electron chi connectivity index (χ0n) is 10.7. The molecule has 2 aromatic rings. The van der Waals surface area contributed by atoms with Gasteiger partial charge in [0.15, 0.2) is 5.82 Å². The lowest BCUT2D eigenvalue weighted by molar-refractivity contribution is 0.297. The third-order valence-corrected chi connectivity index (χ3v) is 4.13. The van der Waals surface area contributed by atoms with Gasteiger partial charge in [0.2, 0.25) is 0 Å². The zero-order valence-corrected chi connectivity index (χ0v) is 10.7. The normalized spacial score (nSPS) is 24.9. The van der Waals surface area contributed by atoms with Crippen LogP contribution in [0.25, 0.3) is 11.3 Å². The Hall–Kier alpha value is -1.94. The number of hydrogen-bond donors (Lipinski definition) is 1. The molecule has 2 fully saturated rings. The quantitative estimate of drug-likeness (QED) is 0.880. The average molecular weight is 252 g/mol. The van der Waals surface area contributed by atoms with Crippen LogP contribution in [-0.4, -0.2) is 35.9 Å². The van der Waals surface area contributed by atoms with Crippen molar-refractivity contribution in [1.82, 2.24) is 15.5 Å². The van der Waals surface area contributed by atoms with Crippen LogP contribution in [0.1, 0.15) is 0 Å². The third kappa shape index (κ3) is 1.88. The van der Waals surface area contributed by atoms with Gasteiger partial charge >= 0.3 is 0 Å². The molecule has 0 saturated carbocycles. The van der Waals surface area contributed by atoms with Gasteiger partial charge in [-0.1, -0.05) is 30.3 Å². The Morgan fingerprint density at radius 1 is 1.00 bits per heavy atom. The van der Waals surface area contributed by atoms with Crippen molar-refractivity contribution in [3.8, 4) is 11.3 Å². The monoisotopic (exact) mass is 252 g/mol. The zero-order chi connectivity index (χ0) is 12.7. The van der Waals surface area contributed by atoms with Gasteiger partial charge in [-0.15, -0.1) is 10.2 Å². The number of hydrogen-bond acceptors (Lipinski definition) is 4. The van der Waals surface area contributed by atoms with E-state index in [1.165, 1.54) is 0 Å². The highest BCUT2D eigenvalue weighted by Gasteiger charge is 2.39. The van der Waals surface area contributed by atoms with Gasteiger partial charge in [0.25, 0.3) is 0 Å². The summed E-state index contributed by atoms with van der Waals surface area (Å²) in [4.78, 5) is 2.33. The maximum atomic E-state index is 4.38. The summed E-state index contributed by atoms with van der Waals surface area (Å²) in [6.07, 6.45) is 0. The second-order valence-corrected chi connectivity index (χ2v) is 5.32. The van der Waals surface area contributed by atoms with Crippen LogP contribution in [0, 0.1) is 5.92 Å². The fraction of sp³-hybridized carbons (Fsp3) is 0.333. The van der Waals surface area contributed by atoms with E-state index in [0.29, 0.717) is 6.04 Å². The van der Waals surface area contributed by atoms with E-state index < -0.39 is 0 Å². The smallest absolute Gasteiger partial charge is 0.151 e. The van der Waals surface area contributed by atoms with Crippen molar-refractivity contribution in [3.05, 3.63) is 42.5 Å². The van der Waals surface area contributed by atoms with Crippen molar-refractivity contribution in [1.29, 1.82) is 0 Å². The van der Waals surface area contributed by atoms with E-state index in [1.807, 2.05) is 18.2 Å². The van der Waals surface area contributed by atoms with Crippen molar-refractivity contribution in [2.24, 2.45) is 5.92 Å². The van der Waals surface area contributed by atoms with Crippen LogP contribution in [0.3, 0.4) is 0 Å². The molecule has 0 aliphatic carbocycles. The second kappa shape index (κ2) is 4.31. The van der Waals surface area contributed by atoms with Gasteiger partial charge in [0.1, 0.15) is 0 Å². The van der Waals surface area contributed by atoms with Gasteiger partial charge in [-0.2, -0.15) is 0 Å². The van der Waals surface area contributed by atoms with E-state index >= 15 is 0 Å². The Kier molecular flexibility index (Phi) is 2.48. The van der Waals surface area contributed by atoms with E-state index in [0.717, 1.165) is 42.6 Å². The number of nitrogens with one attached hydrogen (secondary N) is 1. The van der Waals surface area contributed by atoms with Crippen molar-refractivity contribution in [2.75, 3.05) is 24.5 Å². The fourth-order valence-corrected chi connectivity index (χ4v) is 2.90. The summed E-state index contributed by atoms with van der Waals surface area (Å²) >= 11 is 0. The standard InChI is InChI=1S/C15H16N4/c1-2-4-11(5-3-1)13-6-7-15(18-17-13)19-9-12-8-16-14(12)10-19/h1-7,12,14,16H,8-10H2/t12-,14-/m0/s1. The Labute approximate surface area is 112 Å². The van der Waals surface area contributed by atoms with E-state index in [4.69, 9.17) is 0 Å². The molecule has 4 heteroatoms. The molecule has 3 heterocycles. The highest BCUT2D eigenvalue weighted by molar-refractivity contribution is 5.59. The minimum absolute atomic E-state index is 0.663. The van der Waals surface area contributed by atoms with E-state index in [1.54, 1.807) is 0 Å². The Morgan fingerprint density at radius 3 is 2.47 bits per heavy atom. The molecule has 1 N–H and O–H groups in total. The molecule has 2 aliphatic heterocycles. The first-order valence-electron chi connectivity index (χ1n) is 6.77. The molecular formula is C15H16N4. The summed E-state index contributed by atoms with van der Waals surface area (Å²) in [6.45, 7) is 3.32. The molecule has 0 spiro atoms. The SMILES string of the molecule is c1ccc(-c2ccc(N3C[C@@H]4CN[C@H]4C3)nn2)cc1. The van der Waals surface area contributed by atoms with Crippen LogP contribution in [0.2, 0.25) is 0 Å². The van der Waals surface area contributed by atoms with Crippen LogP contribution in [0.5, 0.6) is 0 Å². The second-order valence-electron chi connectivity index (χ2n) is 5.32. The minimum Gasteiger partial charge on any atom is -0.353 e. The topological polar surface area (TPSA) is 41.0 Å². The van der Waals surface area contributed by atoms with Gasteiger partial charge in [-0.3, -0.25) is 0 Å². The van der Waals surface area contributed by atoms with Crippen LogP contribution in [0.15, 0.2) is 42.5 Å². The Balaban J connectivity index is 1.56. The van der Waals surface area contributed by atoms with Crippen molar-refractivity contribution in [2.45, 2.75) is 6.04 Å². The number of rotatable bonds is 2. The highest BCUT2D eigenvalue weighted by Crippen LogP contribution is 2.27. The van der Waals surface area contributed by atoms with Crippen LogP contribution in [-0.2, 0) is 0 Å². The Morgan fingerprint density at radius 2 is 1.89 bits per heavy atom. The third-order valence-electron chi connectivity index (χ3n) is 4.13. The van der Waals surface area contributed by atoms with Crippen LogP contribution in [0.4, 0.5) is 5.82 Å². The number of benzene rings is 1. The molecule has 1 aromatic carbocycles. The molecule has 0 amide bonds. The lowest BCUT2D eigenvalue weighted by atomic mass is 9.96. The molecule has 19 heavy (non-hydrogen) atoms. The molecule has 0 bridgehead atoms. The maximum absolute atomic E-state index is 4.38. The average Bonchev–Trinajstić information content (AvgIpc) is 2.76. The first kappa shape index (κ1) is 10.9. The summed E-state index contributed by atoms with van der Waals surface area (Å²) in [5.41, 5.74) is 2.05. The van der Waals surface area contributed by atoms with E-state index in [-0.39, 0.29) is 0 Å². The van der Waals surface area contributed by atoms with Gasteiger partial charge in [0, 0.05) is 37.2 Å². The largest absolute Gasteiger partial charge is 0.353 e. The molecule has 1 aromatic heterocycles. The molecule has 0 radical (unpaired) electrons. The lowest BCUT2D eigenvalue weighted by Gasteiger charge is -2.29. The summed E-state index contributed by atoms with van der Waals surface area (Å²) in [5.74, 6) is 1.80. The molecule has 0 unspecified atom stereocenters. The summed E-state index contributed by atoms with van der Waals surface area (Å²) in [6, 6.07) is 15.0. The molecule has 96 valence electrons. The lowest BCUT2D eigenvalue weighted by Crippen LogP contribution is -2.51. The van der Waals surface area contributed by atoms with Crippen molar-refractivity contribution in [3.63, 3.8) is 0 Å². The van der Waals surface area contributed by atoms with Crippen LogP contribution < -0.4 is 10.2 Å².